The maximum atomic E-state index is 9.75. The van der Waals surface area contributed by atoms with Gasteiger partial charge in [0.25, 0.3) is 0 Å². The standard InChI is InChI=1S/C17H30N2O2/c1-6-19(11-7-10-18(3)4)13-16-12-15(14(2)20)8-9-17(16)21-5/h8-9,12,14,20H,6-7,10-11,13H2,1-5H3. The highest BCUT2D eigenvalue weighted by Gasteiger charge is 2.11. The molecule has 4 nitrogen and oxygen atoms in total. The van der Waals surface area contributed by atoms with Crippen LogP contribution in [0.4, 0.5) is 0 Å². The van der Waals surface area contributed by atoms with E-state index in [1.165, 1.54) is 0 Å². The van der Waals surface area contributed by atoms with E-state index in [2.05, 4.69) is 36.9 Å². The van der Waals surface area contributed by atoms with E-state index in [-0.39, 0.29) is 0 Å². The Balaban J connectivity index is 2.75. The lowest BCUT2D eigenvalue weighted by Crippen LogP contribution is -2.27. The Morgan fingerprint density at radius 1 is 1.24 bits per heavy atom. The van der Waals surface area contributed by atoms with Gasteiger partial charge in [-0.3, -0.25) is 4.90 Å². The molecule has 0 amide bonds. The summed E-state index contributed by atoms with van der Waals surface area (Å²) in [7, 11) is 5.90. The number of hydrogen-bond donors (Lipinski definition) is 1. The summed E-state index contributed by atoms with van der Waals surface area (Å²) in [5.74, 6) is 0.894. The lowest BCUT2D eigenvalue weighted by atomic mass is 10.1. The Morgan fingerprint density at radius 3 is 2.48 bits per heavy atom. The van der Waals surface area contributed by atoms with Crippen LogP contribution < -0.4 is 4.74 Å². The van der Waals surface area contributed by atoms with Gasteiger partial charge in [0.2, 0.25) is 0 Å². The summed E-state index contributed by atoms with van der Waals surface area (Å²) in [6.45, 7) is 8.00. The molecule has 0 aliphatic heterocycles. The van der Waals surface area contributed by atoms with Crippen molar-refractivity contribution in [2.45, 2.75) is 32.9 Å². The lowest BCUT2D eigenvalue weighted by molar-refractivity contribution is 0.198. The third-order valence-electron chi connectivity index (χ3n) is 3.71. The zero-order chi connectivity index (χ0) is 15.8. The van der Waals surface area contributed by atoms with Crippen LogP contribution in [0, 0.1) is 0 Å². The van der Waals surface area contributed by atoms with Crippen LogP contribution in [0.15, 0.2) is 18.2 Å². The zero-order valence-corrected chi connectivity index (χ0v) is 14.1. The van der Waals surface area contributed by atoms with Gasteiger partial charge in [0.1, 0.15) is 5.75 Å². The zero-order valence-electron chi connectivity index (χ0n) is 14.1. The van der Waals surface area contributed by atoms with Gasteiger partial charge in [-0.25, -0.2) is 0 Å². The van der Waals surface area contributed by atoms with Gasteiger partial charge in [0, 0.05) is 12.1 Å². The lowest BCUT2D eigenvalue weighted by Gasteiger charge is -2.23. The molecule has 21 heavy (non-hydrogen) atoms. The Bertz CT molecular complexity index is 419. The summed E-state index contributed by atoms with van der Waals surface area (Å²) in [6.07, 6.45) is 0.706. The summed E-state index contributed by atoms with van der Waals surface area (Å²) in [6, 6.07) is 5.93. The molecule has 1 aromatic rings. The van der Waals surface area contributed by atoms with Crippen molar-refractivity contribution in [1.29, 1.82) is 0 Å². The van der Waals surface area contributed by atoms with E-state index < -0.39 is 6.10 Å². The second kappa shape index (κ2) is 9.03. The minimum absolute atomic E-state index is 0.446. The Morgan fingerprint density at radius 2 is 1.95 bits per heavy atom. The first kappa shape index (κ1) is 18.0. The summed E-state index contributed by atoms with van der Waals surface area (Å²) in [5, 5.41) is 9.75. The third-order valence-corrected chi connectivity index (χ3v) is 3.71. The van der Waals surface area contributed by atoms with Crippen molar-refractivity contribution in [2.75, 3.05) is 40.8 Å². The number of hydrogen-bond acceptors (Lipinski definition) is 4. The van der Waals surface area contributed by atoms with Gasteiger partial charge in [-0.2, -0.15) is 0 Å². The number of methoxy groups -OCH3 is 1. The predicted octanol–water partition coefficient (Wildman–Crippen LogP) is 2.52. The topological polar surface area (TPSA) is 35.9 Å². The molecule has 0 saturated carbocycles. The third kappa shape index (κ3) is 6.04. The van der Waals surface area contributed by atoms with Crippen LogP contribution >= 0.6 is 0 Å². The van der Waals surface area contributed by atoms with Crippen LogP contribution in [0.3, 0.4) is 0 Å². The van der Waals surface area contributed by atoms with Gasteiger partial charge in [-0.1, -0.05) is 13.0 Å². The van der Waals surface area contributed by atoms with Crippen molar-refractivity contribution in [3.63, 3.8) is 0 Å². The molecule has 1 N–H and O–H groups in total. The highest BCUT2D eigenvalue weighted by Crippen LogP contribution is 2.24. The molecule has 0 fully saturated rings. The van der Waals surface area contributed by atoms with Gasteiger partial charge < -0.3 is 14.7 Å². The maximum Gasteiger partial charge on any atom is 0.123 e. The molecule has 4 heteroatoms. The first-order chi connectivity index (χ1) is 9.97. The molecule has 1 rings (SSSR count). The fraction of sp³-hybridized carbons (Fsp3) is 0.647. The fourth-order valence-corrected chi connectivity index (χ4v) is 2.38. The van der Waals surface area contributed by atoms with Crippen molar-refractivity contribution < 1.29 is 9.84 Å². The van der Waals surface area contributed by atoms with Crippen LogP contribution in [-0.4, -0.2) is 55.7 Å². The van der Waals surface area contributed by atoms with Crippen LogP contribution in [0.5, 0.6) is 5.75 Å². The smallest absolute Gasteiger partial charge is 0.123 e. The molecular weight excluding hydrogens is 264 g/mol. The van der Waals surface area contributed by atoms with E-state index in [1.807, 2.05) is 12.1 Å². The average Bonchev–Trinajstić information content (AvgIpc) is 2.45. The second-order valence-electron chi connectivity index (χ2n) is 5.77. The van der Waals surface area contributed by atoms with Gasteiger partial charge >= 0.3 is 0 Å². The molecule has 0 saturated heterocycles. The minimum atomic E-state index is -0.446. The van der Waals surface area contributed by atoms with E-state index >= 15 is 0 Å². The number of aliphatic hydroxyl groups excluding tert-OH is 1. The van der Waals surface area contributed by atoms with E-state index in [9.17, 15) is 5.11 Å². The molecular formula is C17H30N2O2. The number of ether oxygens (including phenoxy) is 1. The Labute approximate surface area is 129 Å². The molecule has 0 spiro atoms. The number of nitrogens with zero attached hydrogens (tertiary/aromatic N) is 2. The molecule has 0 aliphatic rings. The van der Waals surface area contributed by atoms with Crippen molar-refractivity contribution in [1.82, 2.24) is 9.80 Å². The highest BCUT2D eigenvalue weighted by atomic mass is 16.5. The molecule has 1 unspecified atom stereocenters. The second-order valence-corrected chi connectivity index (χ2v) is 5.77. The van der Waals surface area contributed by atoms with Crippen molar-refractivity contribution in [3.8, 4) is 5.75 Å². The number of benzene rings is 1. The van der Waals surface area contributed by atoms with Gasteiger partial charge in [-0.15, -0.1) is 0 Å². The molecule has 1 aromatic carbocycles. The first-order valence-corrected chi connectivity index (χ1v) is 7.69. The van der Waals surface area contributed by atoms with Gasteiger partial charge in [0.15, 0.2) is 0 Å². The Kier molecular flexibility index (Phi) is 7.72. The Hall–Kier alpha value is -1.10. The summed E-state index contributed by atoms with van der Waals surface area (Å²) < 4.78 is 5.45. The SMILES string of the molecule is CCN(CCCN(C)C)Cc1cc(C(C)O)ccc1OC. The van der Waals surface area contributed by atoms with Gasteiger partial charge in [0.05, 0.1) is 13.2 Å². The van der Waals surface area contributed by atoms with E-state index in [1.54, 1.807) is 14.0 Å². The van der Waals surface area contributed by atoms with Crippen molar-refractivity contribution in [2.24, 2.45) is 0 Å². The summed E-state index contributed by atoms with van der Waals surface area (Å²) in [4.78, 5) is 4.62. The van der Waals surface area contributed by atoms with Crippen LogP contribution in [0.25, 0.3) is 0 Å². The summed E-state index contributed by atoms with van der Waals surface area (Å²) >= 11 is 0. The minimum Gasteiger partial charge on any atom is -0.496 e. The normalized spacial score (nSPS) is 13.0. The molecule has 0 aromatic heterocycles. The van der Waals surface area contributed by atoms with E-state index in [0.29, 0.717) is 0 Å². The van der Waals surface area contributed by atoms with Crippen LogP contribution in [0.2, 0.25) is 0 Å². The van der Waals surface area contributed by atoms with Crippen molar-refractivity contribution >= 4 is 0 Å². The maximum absolute atomic E-state index is 9.75. The quantitative estimate of drug-likeness (QED) is 0.759. The molecule has 0 radical (unpaired) electrons. The predicted molar refractivity (Wildman–Crippen MR) is 87.7 cm³/mol. The number of aliphatic hydroxyl groups is 1. The van der Waals surface area contributed by atoms with E-state index in [4.69, 9.17) is 4.74 Å². The van der Waals surface area contributed by atoms with Crippen molar-refractivity contribution in [3.05, 3.63) is 29.3 Å². The molecule has 1 atom stereocenters. The molecule has 0 heterocycles. The molecule has 0 bridgehead atoms. The fourth-order valence-electron chi connectivity index (χ4n) is 2.38. The van der Waals surface area contributed by atoms with Crippen LogP contribution in [0.1, 0.15) is 37.5 Å². The van der Waals surface area contributed by atoms with Gasteiger partial charge in [-0.05, 0) is 64.8 Å². The first-order valence-electron chi connectivity index (χ1n) is 7.69. The molecule has 0 aliphatic carbocycles. The molecule has 120 valence electrons. The van der Waals surface area contributed by atoms with Crippen LogP contribution in [-0.2, 0) is 6.54 Å². The monoisotopic (exact) mass is 294 g/mol. The largest absolute Gasteiger partial charge is 0.496 e. The number of rotatable bonds is 9. The summed E-state index contributed by atoms with van der Waals surface area (Å²) in [5.41, 5.74) is 2.08. The highest BCUT2D eigenvalue weighted by molar-refractivity contribution is 5.38. The van der Waals surface area contributed by atoms with E-state index in [0.717, 1.165) is 49.5 Å². The average molecular weight is 294 g/mol.